The van der Waals surface area contributed by atoms with E-state index in [0.29, 0.717) is 5.56 Å². The molecule has 0 aliphatic heterocycles. The predicted octanol–water partition coefficient (Wildman–Crippen LogP) is 3.44. The molecule has 2 amide bonds. The zero-order valence-corrected chi connectivity index (χ0v) is 22.2. The molecule has 1 atom stereocenters. The van der Waals surface area contributed by atoms with Gasteiger partial charge in [0.1, 0.15) is 24.2 Å². The summed E-state index contributed by atoms with van der Waals surface area (Å²) >= 11 is 0. The van der Waals surface area contributed by atoms with Gasteiger partial charge >= 0.3 is 10.2 Å². The summed E-state index contributed by atoms with van der Waals surface area (Å²) in [6, 6.07) is 9.39. The van der Waals surface area contributed by atoms with Crippen LogP contribution in [0.2, 0.25) is 0 Å². The highest BCUT2D eigenvalue weighted by molar-refractivity contribution is 7.90. The average molecular weight is 537 g/mol. The van der Waals surface area contributed by atoms with E-state index in [9.17, 15) is 26.8 Å². The summed E-state index contributed by atoms with van der Waals surface area (Å²) in [6.07, 6.45) is 4.89. The van der Waals surface area contributed by atoms with Gasteiger partial charge < -0.3 is 10.2 Å². The molecule has 37 heavy (non-hydrogen) atoms. The molecule has 1 aliphatic rings. The molecular formula is C26H34F2N4O4S. The van der Waals surface area contributed by atoms with Crippen LogP contribution in [0.4, 0.5) is 14.5 Å². The quantitative estimate of drug-likeness (QED) is 0.504. The molecule has 11 heteroatoms. The molecule has 3 rings (SSSR count). The van der Waals surface area contributed by atoms with Crippen LogP contribution in [0.1, 0.15) is 44.6 Å². The van der Waals surface area contributed by atoms with Gasteiger partial charge in [-0.3, -0.25) is 9.59 Å². The number of amides is 2. The Hall–Kier alpha value is -3.05. The first-order valence-corrected chi connectivity index (χ1v) is 13.7. The lowest BCUT2D eigenvalue weighted by Gasteiger charge is -2.33. The maximum absolute atomic E-state index is 13.6. The van der Waals surface area contributed by atoms with Gasteiger partial charge in [-0.1, -0.05) is 31.4 Å². The summed E-state index contributed by atoms with van der Waals surface area (Å²) in [4.78, 5) is 28.1. The molecule has 0 saturated heterocycles. The maximum Gasteiger partial charge on any atom is 0.304 e. The fourth-order valence-electron chi connectivity index (χ4n) is 4.26. The van der Waals surface area contributed by atoms with E-state index in [1.165, 1.54) is 55.4 Å². The van der Waals surface area contributed by atoms with Gasteiger partial charge in [0.05, 0.1) is 5.69 Å². The molecule has 0 bridgehead atoms. The van der Waals surface area contributed by atoms with Crippen LogP contribution in [0.3, 0.4) is 0 Å². The smallest absolute Gasteiger partial charge is 0.304 e. The van der Waals surface area contributed by atoms with E-state index in [0.717, 1.165) is 52.8 Å². The Kier molecular flexibility index (Phi) is 9.61. The van der Waals surface area contributed by atoms with Gasteiger partial charge in [-0.05, 0) is 61.7 Å². The van der Waals surface area contributed by atoms with Crippen LogP contribution in [0.25, 0.3) is 0 Å². The number of anilines is 1. The van der Waals surface area contributed by atoms with Gasteiger partial charge in [0, 0.05) is 26.7 Å². The SMILES string of the molecule is C[C@H](C(=O)NC1CCCCC1)N(Cc1ccc(F)cc1)C(=O)CN(c1ccc(F)cc1)S(=O)(=O)N(C)C. The number of carbonyl (C=O) groups excluding carboxylic acids is 2. The van der Waals surface area contributed by atoms with Crippen LogP contribution in [-0.4, -0.2) is 62.2 Å². The molecule has 202 valence electrons. The van der Waals surface area contributed by atoms with Gasteiger partial charge in [0.15, 0.2) is 0 Å². The summed E-state index contributed by atoms with van der Waals surface area (Å²) in [5, 5.41) is 3.01. The van der Waals surface area contributed by atoms with Crippen LogP contribution in [-0.2, 0) is 26.3 Å². The normalized spacial score (nSPS) is 15.3. The second-order valence-electron chi connectivity index (χ2n) is 9.44. The lowest BCUT2D eigenvalue weighted by Crippen LogP contribution is -2.53. The largest absolute Gasteiger partial charge is 0.352 e. The van der Waals surface area contributed by atoms with E-state index in [2.05, 4.69) is 5.32 Å². The molecule has 0 aromatic heterocycles. The highest BCUT2D eigenvalue weighted by atomic mass is 32.2. The van der Waals surface area contributed by atoms with Crippen molar-refractivity contribution < 1.29 is 26.8 Å². The van der Waals surface area contributed by atoms with E-state index in [4.69, 9.17) is 0 Å². The zero-order chi connectivity index (χ0) is 27.2. The number of nitrogens with zero attached hydrogens (tertiary/aromatic N) is 3. The lowest BCUT2D eigenvalue weighted by molar-refractivity contribution is -0.139. The van der Waals surface area contributed by atoms with Crippen molar-refractivity contribution >= 4 is 27.7 Å². The van der Waals surface area contributed by atoms with Crippen LogP contribution < -0.4 is 9.62 Å². The van der Waals surface area contributed by atoms with Crippen molar-refractivity contribution in [3.8, 4) is 0 Å². The molecule has 1 N–H and O–H groups in total. The molecule has 0 radical (unpaired) electrons. The van der Waals surface area contributed by atoms with Gasteiger partial charge in [0.2, 0.25) is 11.8 Å². The van der Waals surface area contributed by atoms with E-state index in [1.807, 2.05) is 0 Å². The summed E-state index contributed by atoms with van der Waals surface area (Å²) in [5.74, 6) is -1.97. The third-order valence-corrected chi connectivity index (χ3v) is 8.34. The number of halogens is 2. The summed E-state index contributed by atoms with van der Waals surface area (Å²) in [6.45, 7) is 0.939. The molecular weight excluding hydrogens is 502 g/mol. The molecule has 0 heterocycles. The van der Waals surface area contributed by atoms with Gasteiger partial charge in [0.25, 0.3) is 0 Å². The fourth-order valence-corrected chi connectivity index (χ4v) is 5.32. The van der Waals surface area contributed by atoms with Gasteiger partial charge in [-0.2, -0.15) is 12.7 Å². The van der Waals surface area contributed by atoms with Crippen LogP contribution >= 0.6 is 0 Å². The molecule has 0 unspecified atom stereocenters. The Balaban J connectivity index is 1.90. The van der Waals surface area contributed by atoms with Crippen molar-refractivity contribution in [3.63, 3.8) is 0 Å². The molecule has 2 aromatic carbocycles. The predicted molar refractivity (Wildman–Crippen MR) is 138 cm³/mol. The second-order valence-corrected chi connectivity index (χ2v) is 11.5. The zero-order valence-electron chi connectivity index (χ0n) is 21.4. The Morgan fingerprint density at radius 3 is 2.03 bits per heavy atom. The third-order valence-electron chi connectivity index (χ3n) is 6.52. The molecule has 1 saturated carbocycles. The van der Waals surface area contributed by atoms with Crippen LogP contribution in [0.5, 0.6) is 0 Å². The molecule has 8 nitrogen and oxygen atoms in total. The molecule has 0 spiro atoms. The first-order valence-electron chi connectivity index (χ1n) is 12.3. The minimum absolute atomic E-state index is 0.0244. The van der Waals surface area contributed by atoms with Crippen molar-refractivity contribution in [1.29, 1.82) is 0 Å². The number of rotatable bonds is 10. The van der Waals surface area contributed by atoms with Crippen molar-refractivity contribution in [2.75, 3.05) is 24.9 Å². The Labute approximate surface area is 217 Å². The van der Waals surface area contributed by atoms with Gasteiger partial charge in [-0.25, -0.2) is 13.1 Å². The van der Waals surface area contributed by atoms with E-state index >= 15 is 0 Å². The number of benzene rings is 2. The topological polar surface area (TPSA) is 90.0 Å². The van der Waals surface area contributed by atoms with E-state index < -0.39 is 40.3 Å². The molecule has 1 fully saturated rings. The van der Waals surface area contributed by atoms with Crippen LogP contribution in [0, 0.1) is 11.6 Å². The van der Waals surface area contributed by atoms with Gasteiger partial charge in [-0.15, -0.1) is 0 Å². The number of nitrogens with one attached hydrogen (secondary N) is 1. The highest BCUT2D eigenvalue weighted by Gasteiger charge is 2.33. The lowest BCUT2D eigenvalue weighted by atomic mass is 9.95. The number of hydrogen-bond donors (Lipinski definition) is 1. The average Bonchev–Trinajstić information content (AvgIpc) is 2.87. The van der Waals surface area contributed by atoms with E-state index in [-0.39, 0.29) is 24.2 Å². The fraction of sp³-hybridized carbons (Fsp3) is 0.462. The monoisotopic (exact) mass is 536 g/mol. The Morgan fingerprint density at radius 1 is 0.946 bits per heavy atom. The maximum atomic E-state index is 13.6. The summed E-state index contributed by atoms with van der Waals surface area (Å²) in [5.41, 5.74) is 0.681. The minimum Gasteiger partial charge on any atom is -0.352 e. The standard InChI is InChI=1S/C26H34F2N4O4S/c1-19(26(34)29-23-7-5-4-6-8-23)31(17-20-9-11-21(27)12-10-20)25(33)18-32(37(35,36)30(2)3)24-15-13-22(28)14-16-24/h9-16,19,23H,4-8,17-18H2,1-3H3,(H,29,34)/t19-/m1/s1. The van der Waals surface area contributed by atoms with Crippen molar-refractivity contribution in [1.82, 2.24) is 14.5 Å². The van der Waals surface area contributed by atoms with E-state index in [1.54, 1.807) is 6.92 Å². The van der Waals surface area contributed by atoms with Crippen molar-refractivity contribution in [2.45, 2.75) is 57.7 Å². The Morgan fingerprint density at radius 2 is 1.49 bits per heavy atom. The molecule has 1 aliphatic carbocycles. The van der Waals surface area contributed by atoms with Crippen molar-refractivity contribution in [2.24, 2.45) is 0 Å². The highest BCUT2D eigenvalue weighted by Crippen LogP contribution is 2.22. The van der Waals surface area contributed by atoms with Crippen LogP contribution in [0.15, 0.2) is 48.5 Å². The summed E-state index contributed by atoms with van der Waals surface area (Å²) in [7, 11) is -1.48. The summed E-state index contributed by atoms with van der Waals surface area (Å²) < 4.78 is 55.0. The number of hydrogen-bond acceptors (Lipinski definition) is 4. The number of carbonyl (C=O) groups is 2. The second kappa shape index (κ2) is 12.5. The minimum atomic E-state index is -4.13. The molecule has 2 aromatic rings. The Bertz CT molecular complexity index is 1170. The first kappa shape index (κ1) is 28.5. The third kappa shape index (κ3) is 7.48. The first-order chi connectivity index (χ1) is 17.5. The van der Waals surface area contributed by atoms with Crippen molar-refractivity contribution in [3.05, 3.63) is 65.7 Å².